The van der Waals surface area contributed by atoms with Gasteiger partial charge in [0.1, 0.15) is 6.20 Å². The van der Waals surface area contributed by atoms with Gasteiger partial charge in [0.2, 0.25) is 0 Å². The lowest BCUT2D eigenvalue weighted by Gasteiger charge is -1.99. The Morgan fingerprint density at radius 3 is 2.50 bits per heavy atom. The van der Waals surface area contributed by atoms with Crippen molar-refractivity contribution in [1.29, 1.82) is 0 Å². The molecule has 0 saturated heterocycles. The summed E-state index contributed by atoms with van der Waals surface area (Å²) in [6.45, 7) is 6.87. The molecule has 0 radical (unpaired) electrons. The maximum Gasteiger partial charge on any atom is 0.270 e. The zero-order valence-corrected chi connectivity index (χ0v) is 7.51. The molecule has 0 amide bonds. The molecule has 1 aromatic carbocycles. The molecule has 0 N–H and O–H groups in total. The molecule has 1 heterocycles. The molecule has 0 atom stereocenters. The number of pyridine rings is 1. The van der Waals surface area contributed by atoms with Gasteiger partial charge in [-0.2, -0.15) is 0 Å². The number of aromatic nitrogens is 1. The Hall–Kier alpha value is -2.14. The van der Waals surface area contributed by atoms with Crippen molar-refractivity contribution in [2.24, 2.45) is 0 Å². The van der Waals surface area contributed by atoms with Gasteiger partial charge in [-0.1, -0.05) is 36.9 Å². The fourth-order valence-electron chi connectivity index (χ4n) is 1.29. The Labute approximate surface area is 82.7 Å². The third-order valence-corrected chi connectivity index (χ3v) is 1.97. The Bertz CT molecular complexity index is 469. The number of hydrogen-bond donors (Lipinski definition) is 0. The van der Waals surface area contributed by atoms with E-state index in [1.807, 2.05) is 36.4 Å². The topological polar surface area (TPSA) is 17.2 Å². The van der Waals surface area contributed by atoms with Gasteiger partial charge in [0, 0.05) is 0 Å². The van der Waals surface area contributed by atoms with Crippen LogP contribution in [0.5, 0.6) is 0 Å². The Kier molecular flexibility index (Phi) is 2.24. The fraction of sp³-hybridized carbons (Fsp3) is 0. The molecular formula is C12H8N2. The summed E-state index contributed by atoms with van der Waals surface area (Å²) < 4.78 is 0. The summed E-state index contributed by atoms with van der Waals surface area (Å²) in [5.74, 6) is 0.436. The molecule has 0 bridgehead atoms. The van der Waals surface area contributed by atoms with Crippen LogP contribution in [0.25, 0.3) is 16.0 Å². The summed E-state index contributed by atoms with van der Waals surface area (Å²) in [6.07, 6.45) is 1.66. The van der Waals surface area contributed by atoms with Gasteiger partial charge in [0.15, 0.2) is 0 Å². The van der Waals surface area contributed by atoms with Crippen molar-refractivity contribution in [3.8, 4) is 11.1 Å². The highest BCUT2D eigenvalue weighted by Gasteiger charge is 1.98. The maximum atomic E-state index is 6.87. The monoisotopic (exact) mass is 180 g/mol. The van der Waals surface area contributed by atoms with E-state index in [1.165, 1.54) is 0 Å². The van der Waals surface area contributed by atoms with Crippen molar-refractivity contribution in [2.75, 3.05) is 0 Å². The van der Waals surface area contributed by atoms with Crippen molar-refractivity contribution < 1.29 is 0 Å². The van der Waals surface area contributed by atoms with E-state index in [0.29, 0.717) is 5.82 Å². The fourth-order valence-corrected chi connectivity index (χ4v) is 1.29. The number of benzene rings is 1. The van der Waals surface area contributed by atoms with Crippen molar-refractivity contribution in [1.82, 2.24) is 4.98 Å². The number of nitrogens with zero attached hydrogens (tertiary/aromatic N) is 2. The first-order chi connectivity index (χ1) is 6.90. The molecule has 0 spiro atoms. The van der Waals surface area contributed by atoms with E-state index in [0.717, 1.165) is 11.1 Å². The van der Waals surface area contributed by atoms with E-state index in [2.05, 4.69) is 9.83 Å². The van der Waals surface area contributed by atoms with Crippen molar-refractivity contribution in [3.05, 3.63) is 60.1 Å². The lowest BCUT2D eigenvalue weighted by molar-refractivity contribution is 1.35. The second-order valence-corrected chi connectivity index (χ2v) is 2.88. The molecule has 2 rings (SSSR count). The highest BCUT2D eigenvalue weighted by molar-refractivity contribution is 5.66. The Morgan fingerprint density at radius 1 is 1.00 bits per heavy atom. The summed E-state index contributed by atoms with van der Waals surface area (Å²) in [5.41, 5.74) is 2.14. The number of hydrogen-bond acceptors (Lipinski definition) is 1. The predicted octanol–water partition coefficient (Wildman–Crippen LogP) is 3.30. The molecule has 0 unspecified atom stereocenters. The summed E-state index contributed by atoms with van der Waals surface area (Å²) in [6, 6.07) is 13.7. The van der Waals surface area contributed by atoms with Gasteiger partial charge >= 0.3 is 0 Å². The van der Waals surface area contributed by atoms with Gasteiger partial charge < -0.3 is 4.85 Å². The molecule has 0 aliphatic carbocycles. The summed E-state index contributed by atoms with van der Waals surface area (Å²) in [5, 5.41) is 0. The standard InChI is InChI=1S/C12H8N2/c1-13-12-9-11(7-8-14-12)10-5-3-2-4-6-10/h2-9H. The van der Waals surface area contributed by atoms with E-state index in [9.17, 15) is 0 Å². The lowest BCUT2D eigenvalue weighted by Crippen LogP contribution is -1.77. The van der Waals surface area contributed by atoms with Gasteiger partial charge in [-0.05, 0) is 23.3 Å². The minimum absolute atomic E-state index is 0.436. The van der Waals surface area contributed by atoms with Gasteiger partial charge in [-0.15, -0.1) is 4.98 Å². The van der Waals surface area contributed by atoms with Gasteiger partial charge in [-0.3, -0.25) is 0 Å². The average Bonchev–Trinajstić information content (AvgIpc) is 2.30. The molecule has 0 fully saturated rings. The van der Waals surface area contributed by atoms with Crippen LogP contribution in [0.3, 0.4) is 0 Å². The molecule has 0 saturated carbocycles. The first-order valence-electron chi connectivity index (χ1n) is 4.29. The summed E-state index contributed by atoms with van der Waals surface area (Å²) in [4.78, 5) is 7.22. The first-order valence-corrected chi connectivity index (χ1v) is 4.29. The molecule has 0 aliphatic rings. The van der Waals surface area contributed by atoms with Crippen LogP contribution in [0.15, 0.2) is 48.7 Å². The minimum Gasteiger partial charge on any atom is -0.361 e. The molecule has 2 heteroatoms. The van der Waals surface area contributed by atoms with E-state index < -0.39 is 0 Å². The summed E-state index contributed by atoms with van der Waals surface area (Å²) in [7, 11) is 0. The molecular weight excluding hydrogens is 172 g/mol. The number of rotatable bonds is 1. The second kappa shape index (κ2) is 3.71. The van der Waals surface area contributed by atoms with Gasteiger partial charge in [0.25, 0.3) is 5.82 Å². The molecule has 0 aliphatic heterocycles. The van der Waals surface area contributed by atoms with E-state index >= 15 is 0 Å². The molecule has 14 heavy (non-hydrogen) atoms. The zero-order chi connectivity index (χ0) is 9.80. The Morgan fingerprint density at radius 2 is 1.79 bits per heavy atom. The summed E-state index contributed by atoms with van der Waals surface area (Å²) >= 11 is 0. The first kappa shape index (κ1) is 8.46. The zero-order valence-electron chi connectivity index (χ0n) is 7.51. The largest absolute Gasteiger partial charge is 0.361 e. The van der Waals surface area contributed by atoms with Crippen LogP contribution in [0.1, 0.15) is 0 Å². The highest BCUT2D eigenvalue weighted by Crippen LogP contribution is 2.21. The van der Waals surface area contributed by atoms with Crippen LogP contribution in [0.4, 0.5) is 5.82 Å². The highest BCUT2D eigenvalue weighted by atomic mass is 14.8. The smallest absolute Gasteiger partial charge is 0.270 e. The van der Waals surface area contributed by atoms with E-state index in [1.54, 1.807) is 12.3 Å². The predicted molar refractivity (Wildman–Crippen MR) is 55.9 cm³/mol. The van der Waals surface area contributed by atoms with Crippen LogP contribution in [0, 0.1) is 6.57 Å². The average molecular weight is 180 g/mol. The molecule has 2 nitrogen and oxygen atoms in total. The second-order valence-electron chi connectivity index (χ2n) is 2.88. The van der Waals surface area contributed by atoms with Crippen molar-refractivity contribution in [3.63, 3.8) is 0 Å². The SMILES string of the molecule is [C-]#[N+]c1cc(-c2ccccc2)ccn1. The van der Waals surface area contributed by atoms with Crippen molar-refractivity contribution >= 4 is 5.82 Å². The van der Waals surface area contributed by atoms with Crippen LogP contribution in [-0.2, 0) is 0 Å². The third-order valence-electron chi connectivity index (χ3n) is 1.97. The van der Waals surface area contributed by atoms with E-state index in [-0.39, 0.29) is 0 Å². The van der Waals surface area contributed by atoms with Crippen LogP contribution >= 0.6 is 0 Å². The minimum atomic E-state index is 0.436. The van der Waals surface area contributed by atoms with Gasteiger partial charge in [0.05, 0.1) is 0 Å². The van der Waals surface area contributed by atoms with Crippen LogP contribution in [-0.4, -0.2) is 4.98 Å². The molecule has 2 aromatic rings. The van der Waals surface area contributed by atoms with Gasteiger partial charge in [-0.25, -0.2) is 0 Å². The normalized spacial score (nSPS) is 9.36. The lowest BCUT2D eigenvalue weighted by atomic mass is 10.1. The Balaban J connectivity index is 2.49. The van der Waals surface area contributed by atoms with Crippen LogP contribution in [0.2, 0.25) is 0 Å². The van der Waals surface area contributed by atoms with Crippen LogP contribution < -0.4 is 0 Å². The third kappa shape index (κ3) is 1.62. The van der Waals surface area contributed by atoms with Crippen molar-refractivity contribution in [2.45, 2.75) is 0 Å². The quantitative estimate of drug-likeness (QED) is 0.615. The molecule has 66 valence electrons. The molecule has 1 aromatic heterocycles. The maximum absolute atomic E-state index is 6.87. The van der Waals surface area contributed by atoms with E-state index in [4.69, 9.17) is 6.57 Å².